The molecule has 0 atom stereocenters. The third kappa shape index (κ3) is 4.50. The number of phenols is 3. The van der Waals surface area contributed by atoms with Crippen LogP contribution in [0.3, 0.4) is 0 Å². The largest absolute Gasteiger partial charge is 0.508 e. The van der Waals surface area contributed by atoms with Crippen molar-refractivity contribution in [3.05, 3.63) is 94.0 Å². The van der Waals surface area contributed by atoms with Gasteiger partial charge in [0.05, 0.1) is 17.1 Å². The minimum Gasteiger partial charge on any atom is -0.508 e. The summed E-state index contributed by atoms with van der Waals surface area (Å²) in [5.41, 5.74) is 7.32. The predicted molar refractivity (Wildman–Crippen MR) is 141 cm³/mol. The number of nitrogens with zero attached hydrogens (tertiary/aromatic N) is 1. The molecule has 5 heteroatoms. The quantitative estimate of drug-likeness (QED) is 0.277. The second-order valence-electron chi connectivity index (χ2n) is 9.09. The van der Waals surface area contributed by atoms with Crippen LogP contribution in [0.1, 0.15) is 33.4 Å². The van der Waals surface area contributed by atoms with Crippen LogP contribution in [-0.2, 0) is 0 Å². The van der Waals surface area contributed by atoms with Gasteiger partial charge < -0.3 is 25.0 Å². The average Bonchev–Trinajstić information content (AvgIpc) is 2.82. The standard InChI is InChI=1S/C30H31NO4/c1-17-10-12-25(32)29(21(17)5)31(30-22(6)18(2)11-13-26(30)33)23-8-7-9-24(16-23)35-28-15-19(3)27(34)14-20(28)4/h7-16,32-34H,1-6H3. The van der Waals surface area contributed by atoms with E-state index in [1.54, 1.807) is 18.2 Å². The first-order valence-electron chi connectivity index (χ1n) is 11.5. The van der Waals surface area contributed by atoms with Crippen molar-refractivity contribution in [2.75, 3.05) is 4.90 Å². The maximum absolute atomic E-state index is 11.0. The van der Waals surface area contributed by atoms with Gasteiger partial charge in [-0.15, -0.1) is 0 Å². The number of benzene rings is 4. The highest BCUT2D eigenvalue weighted by Crippen LogP contribution is 2.48. The van der Waals surface area contributed by atoms with E-state index in [0.717, 1.165) is 39.1 Å². The molecule has 0 saturated heterocycles. The van der Waals surface area contributed by atoms with Crippen LogP contribution in [0.2, 0.25) is 0 Å². The molecule has 0 spiro atoms. The fourth-order valence-electron chi connectivity index (χ4n) is 4.21. The SMILES string of the molecule is Cc1cc(Oc2cccc(N(c3c(O)ccc(C)c3C)c3c(O)ccc(C)c3C)c2)c(C)cc1O. The molecule has 35 heavy (non-hydrogen) atoms. The van der Waals surface area contributed by atoms with Crippen LogP contribution in [0, 0.1) is 41.5 Å². The lowest BCUT2D eigenvalue weighted by Gasteiger charge is -2.31. The zero-order chi connectivity index (χ0) is 25.4. The van der Waals surface area contributed by atoms with Gasteiger partial charge in [0, 0.05) is 6.07 Å². The molecule has 0 unspecified atom stereocenters. The Kier molecular flexibility index (Phi) is 6.35. The molecule has 0 heterocycles. The van der Waals surface area contributed by atoms with Crippen LogP contribution < -0.4 is 9.64 Å². The van der Waals surface area contributed by atoms with Crippen LogP contribution in [0.5, 0.6) is 28.7 Å². The van der Waals surface area contributed by atoms with Crippen molar-refractivity contribution in [3.63, 3.8) is 0 Å². The molecule has 0 aromatic heterocycles. The first kappa shape index (κ1) is 24.0. The van der Waals surface area contributed by atoms with Gasteiger partial charge in [0.15, 0.2) is 0 Å². The fourth-order valence-corrected chi connectivity index (χ4v) is 4.21. The van der Waals surface area contributed by atoms with Gasteiger partial charge >= 0.3 is 0 Å². The van der Waals surface area contributed by atoms with Gasteiger partial charge in [-0.25, -0.2) is 0 Å². The second kappa shape index (κ2) is 9.26. The zero-order valence-corrected chi connectivity index (χ0v) is 21.0. The normalized spacial score (nSPS) is 10.9. The van der Waals surface area contributed by atoms with Crippen molar-refractivity contribution in [3.8, 4) is 28.7 Å². The number of aryl methyl sites for hydroxylation is 4. The second-order valence-corrected chi connectivity index (χ2v) is 9.09. The molecule has 3 N–H and O–H groups in total. The summed E-state index contributed by atoms with van der Waals surface area (Å²) in [4.78, 5) is 1.89. The molecule has 180 valence electrons. The molecule has 0 aliphatic rings. The van der Waals surface area contributed by atoms with Crippen molar-refractivity contribution in [2.45, 2.75) is 41.5 Å². The zero-order valence-electron chi connectivity index (χ0n) is 21.0. The third-order valence-corrected chi connectivity index (χ3v) is 6.61. The summed E-state index contributed by atoms with van der Waals surface area (Å²) in [6, 6.07) is 18.1. The van der Waals surface area contributed by atoms with Crippen LogP contribution in [0.15, 0.2) is 60.7 Å². The van der Waals surface area contributed by atoms with Crippen molar-refractivity contribution >= 4 is 17.1 Å². The van der Waals surface area contributed by atoms with E-state index in [1.807, 2.05) is 88.9 Å². The summed E-state index contributed by atoms with van der Waals surface area (Å²) in [6.07, 6.45) is 0. The van der Waals surface area contributed by atoms with E-state index in [-0.39, 0.29) is 17.2 Å². The Labute approximate surface area is 206 Å². The van der Waals surface area contributed by atoms with Crippen molar-refractivity contribution in [2.24, 2.45) is 0 Å². The number of anilines is 3. The molecule has 0 aliphatic heterocycles. The van der Waals surface area contributed by atoms with Crippen LogP contribution in [-0.4, -0.2) is 15.3 Å². The molecule has 0 saturated carbocycles. The van der Waals surface area contributed by atoms with E-state index in [1.165, 1.54) is 0 Å². The molecule has 4 rings (SSSR count). The number of aromatic hydroxyl groups is 3. The minimum atomic E-state index is 0.115. The molecule has 0 fully saturated rings. The Morgan fingerprint density at radius 2 is 1.14 bits per heavy atom. The minimum absolute atomic E-state index is 0.115. The lowest BCUT2D eigenvalue weighted by molar-refractivity contribution is 0.458. The monoisotopic (exact) mass is 469 g/mol. The smallest absolute Gasteiger partial charge is 0.139 e. The molecular formula is C30H31NO4. The lowest BCUT2D eigenvalue weighted by atomic mass is 10.0. The molecule has 4 aromatic rings. The van der Waals surface area contributed by atoms with Gasteiger partial charge in [0.25, 0.3) is 0 Å². The van der Waals surface area contributed by atoms with E-state index in [4.69, 9.17) is 4.74 Å². The first-order valence-corrected chi connectivity index (χ1v) is 11.5. The number of ether oxygens (including phenoxy) is 1. The van der Waals surface area contributed by atoms with Gasteiger partial charge in [-0.2, -0.15) is 0 Å². The Bertz CT molecular complexity index is 1370. The van der Waals surface area contributed by atoms with Crippen molar-refractivity contribution in [1.29, 1.82) is 0 Å². The molecule has 4 aromatic carbocycles. The van der Waals surface area contributed by atoms with Gasteiger partial charge in [-0.05, 0) is 111 Å². The Balaban J connectivity index is 1.92. The van der Waals surface area contributed by atoms with Crippen molar-refractivity contribution in [1.82, 2.24) is 0 Å². The van der Waals surface area contributed by atoms with E-state index < -0.39 is 0 Å². The average molecular weight is 470 g/mol. The van der Waals surface area contributed by atoms with E-state index in [2.05, 4.69) is 0 Å². The van der Waals surface area contributed by atoms with Crippen LogP contribution in [0.25, 0.3) is 0 Å². The highest BCUT2D eigenvalue weighted by Gasteiger charge is 2.24. The highest BCUT2D eigenvalue weighted by molar-refractivity contribution is 5.87. The van der Waals surface area contributed by atoms with Crippen molar-refractivity contribution < 1.29 is 20.1 Å². The number of hydrogen-bond donors (Lipinski definition) is 3. The molecule has 0 bridgehead atoms. The van der Waals surface area contributed by atoms with Gasteiger partial charge in [0.2, 0.25) is 0 Å². The highest BCUT2D eigenvalue weighted by atomic mass is 16.5. The summed E-state index contributed by atoms with van der Waals surface area (Å²) >= 11 is 0. The van der Waals surface area contributed by atoms with E-state index in [9.17, 15) is 15.3 Å². The van der Waals surface area contributed by atoms with Crippen LogP contribution >= 0.6 is 0 Å². The maximum Gasteiger partial charge on any atom is 0.139 e. The molecule has 0 amide bonds. The summed E-state index contributed by atoms with van der Waals surface area (Å²) in [6.45, 7) is 11.6. The molecule has 0 aliphatic carbocycles. The number of rotatable bonds is 5. The van der Waals surface area contributed by atoms with Gasteiger partial charge in [0.1, 0.15) is 28.7 Å². The molecular weight excluding hydrogens is 438 g/mol. The Morgan fingerprint density at radius 1 is 0.571 bits per heavy atom. The van der Waals surface area contributed by atoms with E-state index >= 15 is 0 Å². The summed E-state index contributed by atoms with van der Waals surface area (Å²) < 4.78 is 6.21. The maximum atomic E-state index is 11.0. The third-order valence-electron chi connectivity index (χ3n) is 6.61. The topological polar surface area (TPSA) is 73.2 Å². The number of hydrogen-bond acceptors (Lipinski definition) is 5. The summed E-state index contributed by atoms with van der Waals surface area (Å²) in [5.74, 6) is 1.70. The summed E-state index contributed by atoms with van der Waals surface area (Å²) in [7, 11) is 0. The Morgan fingerprint density at radius 3 is 1.71 bits per heavy atom. The Hall–Kier alpha value is -4.12. The van der Waals surface area contributed by atoms with Crippen LogP contribution in [0.4, 0.5) is 17.1 Å². The van der Waals surface area contributed by atoms with Gasteiger partial charge in [-0.1, -0.05) is 18.2 Å². The molecule has 5 nitrogen and oxygen atoms in total. The predicted octanol–water partition coefficient (Wildman–Crippen LogP) is 7.92. The lowest BCUT2D eigenvalue weighted by Crippen LogP contribution is -2.14. The fraction of sp³-hybridized carbons (Fsp3) is 0.200. The molecule has 0 radical (unpaired) electrons. The van der Waals surface area contributed by atoms with Gasteiger partial charge in [-0.3, -0.25) is 0 Å². The summed E-state index contributed by atoms with van der Waals surface area (Å²) in [5, 5.41) is 32.0. The van der Waals surface area contributed by atoms with E-state index in [0.29, 0.717) is 22.9 Å². The number of phenolic OH excluding ortho intramolecular Hbond substituents is 3. The first-order chi connectivity index (χ1) is 16.6.